The Kier molecular flexibility index (Phi) is 6.40. The zero-order valence-corrected chi connectivity index (χ0v) is 13.0. The van der Waals surface area contributed by atoms with Gasteiger partial charge in [0.05, 0.1) is 0 Å². The summed E-state index contributed by atoms with van der Waals surface area (Å²) < 4.78 is 0. The molecule has 8 nitrogen and oxygen atoms in total. The van der Waals surface area contributed by atoms with Gasteiger partial charge in [-0.05, 0) is 20.0 Å². The molecule has 0 aliphatic carbocycles. The molecule has 1 aromatic rings. The summed E-state index contributed by atoms with van der Waals surface area (Å²) >= 11 is 0. The van der Waals surface area contributed by atoms with Crippen LogP contribution in [0.4, 0.5) is 17.8 Å². The van der Waals surface area contributed by atoms with Crippen molar-refractivity contribution in [2.24, 2.45) is 5.84 Å². The molecule has 0 radical (unpaired) electrons. The largest absolute Gasteiger partial charge is 0.350 e. The number of hydrogen-bond acceptors (Lipinski definition) is 8. The molecule has 0 amide bonds. The quantitative estimate of drug-likeness (QED) is 0.465. The molecule has 20 heavy (non-hydrogen) atoms. The van der Waals surface area contributed by atoms with Gasteiger partial charge < -0.3 is 15.1 Å². The summed E-state index contributed by atoms with van der Waals surface area (Å²) in [7, 11) is 3.75. The second-order valence-corrected chi connectivity index (χ2v) is 4.85. The average Bonchev–Trinajstić information content (AvgIpc) is 2.44. The lowest BCUT2D eigenvalue weighted by Crippen LogP contribution is -2.35. The highest BCUT2D eigenvalue weighted by Crippen LogP contribution is 2.11. The van der Waals surface area contributed by atoms with Gasteiger partial charge in [-0.1, -0.05) is 13.8 Å². The molecule has 1 atom stereocenters. The molecular formula is C12H26N8. The highest BCUT2D eigenvalue weighted by atomic mass is 15.4. The molecule has 0 fully saturated rings. The van der Waals surface area contributed by atoms with E-state index in [4.69, 9.17) is 5.84 Å². The van der Waals surface area contributed by atoms with Crippen molar-refractivity contribution >= 4 is 17.8 Å². The first-order valence-corrected chi connectivity index (χ1v) is 6.89. The Morgan fingerprint density at radius 2 is 1.70 bits per heavy atom. The van der Waals surface area contributed by atoms with Crippen LogP contribution >= 0.6 is 0 Å². The number of nitrogen functional groups attached to an aromatic ring is 1. The van der Waals surface area contributed by atoms with E-state index >= 15 is 0 Å². The summed E-state index contributed by atoms with van der Waals surface area (Å²) in [5.41, 5.74) is 2.46. The molecule has 1 aromatic heterocycles. The average molecular weight is 282 g/mol. The van der Waals surface area contributed by atoms with Crippen LogP contribution in [0.15, 0.2) is 0 Å². The van der Waals surface area contributed by atoms with Crippen molar-refractivity contribution in [3.63, 3.8) is 0 Å². The van der Waals surface area contributed by atoms with E-state index in [1.165, 1.54) is 0 Å². The monoisotopic (exact) mass is 282 g/mol. The summed E-state index contributed by atoms with van der Waals surface area (Å²) in [6.07, 6.45) is 0. The van der Waals surface area contributed by atoms with Crippen LogP contribution in [-0.4, -0.2) is 59.6 Å². The maximum absolute atomic E-state index is 5.39. The summed E-state index contributed by atoms with van der Waals surface area (Å²) in [5.74, 6) is 6.82. The number of aromatic nitrogens is 3. The third-order valence-corrected chi connectivity index (χ3v) is 2.95. The highest BCUT2D eigenvalue weighted by Gasteiger charge is 2.11. The number of rotatable bonds is 8. The second kappa shape index (κ2) is 7.81. The van der Waals surface area contributed by atoms with Gasteiger partial charge in [0.15, 0.2) is 0 Å². The molecule has 0 aliphatic rings. The fraction of sp³-hybridized carbons (Fsp3) is 0.750. The SMILES string of the molecule is CCN(CC)CC(C)Nc1nc(NN)nc(N(C)C)n1. The summed E-state index contributed by atoms with van der Waals surface area (Å²) in [6, 6.07) is 0.234. The van der Waals surface area contributed by atoms with Crippen LogP contribution < -0.4 is 21.5 Å². The number of nitrogens with zero attached hydrogens (tertiary/aromatic N) is 5. The molecule has 0 bridgehead atoms. The number of hydrazine groups is 1. The molecule has 8 heteroatoms. The zero-order valence-electron chi connectivity index (χ0n) is 13.0. The minimum Gasteiger partial charge on any atom is -0.350 e. The van der Waals surface area contributed by atoms with Gasteiger partial charge in [-0.15, -0.1) is 0 Å². The van der Waals surface area contributed by atoms with Gasteiger partial charge in [-0.2, -0.15) is 15.0 Å². The van der Waals surface area contributed by atoms with E-state index in [1.54, 1.807) is 0 Å². The van der Waals surface area contributed by atoms with E-state index in [9.17, 15) is 0 Å². The third kappa shape index (κ3) is 4.78. The Morgan fingerprint density at radius 1 is 1.10 bits per heavy atom. The number of nitrogens with one attached hydrogen (secondary N) is 2. The fourth-order valence-electron chi connectivity index (χ4n) is 1.83. The fourth-order valence-corrected chi connectivity index (χ4v) is 1.83. The van der Waals surface area contributed by atoms with E-state index in [0.717, 1.165) is 19.6 Å². The summed E-state index contributed by atoms with van der Waals surface area (Å²) in [4.78, 5) is 16.9. The van der Waals surface area contributed by atoms with Crippen LogP contribution in [0.1, 0.15) is 20.8 Å². The van der Waals surface area contributed by atoms with Crippen LogP contribution in [0.5, 0.6) is 0 Å². The van der Waals surface area contributed by atoms with E-state index in [0.29, 0.717) is 17.8 Å². The topological polar surface area (TPSA) is 95.2 Å². The number of anilines is 3. The first-order valence-electron chi connectivity index (χ1n) is 6.89. The molecule has 0 aliphatic heterocycles. The lowest BCUT2D eigenvalue weighted by molar-refractivity contribution is 0.294. The van der Waals surface area contributed by atoms with Crippen molar-refractivity contribution in [1.82, 2.24) is 19.9 Å². The van der Waals surface area contributed by atoms with Crippen LogP contribution in [0.25, 0.3) is 0 Å². The first-order chi connectivity index (χ1) is 9.49. The Balaban J connectivity index is 2.77. The third-order valence-electron chi connectivity index (χ3n) is 2.95. The van der Waals surface area contributed by atoms with Gasteiger partial charge >= 0.3 is 0 Å². The van der Waals surface area contributed by atoms with E-state index in [2.05, 4.69) is 51.4 Å². The smallest absolute Gasteiger partial charge is 0.243 e. The van der Waals surface area contributed by atoms with E-state index in [-0.39, 0.29) is 6.04 Å². The lowest BCUT2D eigenvalue weighted by atomic mass is 10.3. The normalized spacial score (nSPS) is 12.3. The summed E-state index contributed by atoms with van der Waals surface area (Å²) in [5, 5.41) is 3.28. The molecule has 114 valence electrons. The molecule has 0 saturated carbocycles. The molecule has 1 rings (SSSR count). The van der Waals surface area contributed by atoms with Crippen molar-refractivity contribution in [2.75, 3.05) is 49.4 Å². The van der Waals surface area contributed by atoms with Gasteiger partial charge in [0.25, 0.3) is 0 Å². The summed E-state index contributed by atoms with van der Waals surface area (Å²) in [6.45, 7) is 9.39. The number of likely N-dealkylation sites (N-methyl/N-ethyl adjacent to an activating group) is 1. The molecule has 0 spiro atoms. The molecule has 1 unspecified atom stereocenters. The Bertz CT molecular complexity index is 404. The van der Waals surface area contributed by atoms with Crippen molar-refractivity contribution in [3.05, 3.63) is 0 Å². The zero-order chi connectivity index (χ0) is 15.1. The first kappa shape index (κ1) is 16.4. The van der Waals surface area contributed by atoms with Crippen molar-refractivity contribution < 1.29 is 0 Å². The van der Waals surface area contributed by atoms with Crippen molar-refractivity contribution in [2.45, 2.75) is 26.8 Å². The van der Waals surface area contributed by atoms with Gasteiger partial charge in [-0.3, -0.25) is 5.43 Å². The van der Waals surface area contributed by atoms with Gasteiger partial charge in [0, 0.05) is 26.7 Å². The van der Waals surface area contributed by atoms with E-state index in [1.807, 2.05) is 19.0 Å². The Morgan fingerprint density at radius 3 is 2.20 bits per heavy atom. The van der Waals surface area contributed by atoms with Crippen LogP contribution in [0.3, 0.4) is 0 Å². The minimum atomic E-state index is 0.234. The molecule has 0 aromatic carbocycles. The number of nitrogens with two attached hydrogens (primary N) is 1. The van der Waals surface area contributed by atoms with Crippen LogP contribution in [-0.2, 0) is 0 Å². The maximum atomic E-state index is 5.39. The van der Waals surface area contributed by atoms with Gasteiger partial charge in [0.2, 0.25) is 17.8 Å². The predicted molar refractivity (Wildman–Crippen MR) is 82.8 cm³/mol. The lowest BCUT2D eigenvalue weighted by Gasteiger charge is -2.23. The molecular weight excluding hydrogens is 256 g/mol. The van der Waals surface area contributed by atoms with Gasteiger partial charge in [0.1, 0.15) is 0 Å². The predicted octanol–water partition coefficient (Wildman–Crippen LogP) is 0.365. The molecule has 1 heterocycles. The van der Waals surface area contributed by atoms with Gasteiger partial charge in [-0.25, -0.2) is 5.84 Å². The van der Waals surface area contributed by atoms with E-state index < -0.39 is 0 Å². The highest BCUT2D eigenvalue weighted by molar-refractivity contribution is 5.42. The minimum absolute atomic E-state index is 0.234. The molecule has 4 N–H and O–H groups in total. The Hall–Kier alpha value is -1.67. The maximum Gasteiger partial charge on any atom is 0.243 e. The Labute approximate surface area is 120 Å². The number of hydrogen-bond donors (Lipinski definition) is 3. The second-order valence-electron chi connectivity index (χ2n) is 4.85. The standard InChI is InChI=1S/C12H26N8/c1-6-20(7-2)8-9(3)14-10-15-11(18-13)17-12(16-10)19(4)5/h9H,6-8,13H2,1-5H3,(H2,14,15,16,17,18). The van der Waals surface area contributed by atoms with Crippen molar-refractivity contribution in [3.8, 4) is 0 Å². The molecule has 0 saturated heterocycles. The van der Waals surface area contributed by atoms with Crippen LogP contribution in [0.2, 0.25) is 0 Å². The van der Waals surface area contributed by atoms with Crippen molar-refractivity contribution in [1.29, 1.82) is 0 Å². The van der Waals surface area contributed by atoms with Crippen LogP contribution in [0, 0.1) is 0 Å².